The van der Waals surface area contributed by atoms with Gasteiger partial charge in [0.1, 0.15) is 0 Å². The fourth-order valence-corrected chi connectivity index (χ4v) is 3.28. The first-order valence-corrected chi connectivity index (χ1v) is 13.9. The third-order valence-electron chi connectivity index (χ3n) is 4.94. The molecule has 0 fully saturated rings. The summed E-state index contributed by atoms with van der Waals surface area (Å²) in [6, 6.07) is 0. The van der Waals surface area contributed by atoms with Crippen LogP contribution in [-0.2, 0) is 33.2 Å². The van der Waals surface area contributed by atoms with Gasteiger partial charge in [-0.2, -0.15) is 12.6 Å². The number of ether oxygens (including phenoxy) is 7. The van der Waals surface area contributed by atoms with Gasteiger partial charge in [0, 0.05) is 13.2 Å². The molecule has 214 valence electrons. The van der Waals surface area contributed by atoms with Gasteiger partial charge in [-0.05, 0) is 18.6 Å². The average molecular weight is 548 g/mol. The molecule has 0 aromatic heterocycles. The van der Waals surface area contributed by atoms with E-state index in [1.165, 1.54) is 51.4 Å². The van der Waals surface area contributed by atoms with Crippen molar-refractivity contribution in [1.82, 2.24) is 0 Å². The van der Waals surface area contributed by atoms with Crippen molar-refractivity contribution in [2.75, 3.05) is 105 Å². The van der Waals surface area contributed by atoms with Crippen LogP contribution < -0.4 is 5.73 Å². The van der Waals surface area contributed by atoms with Crippen LogP contribution in [0.25, 0.3) is 0 Å². The van der Waals surface area contributed by atoms with Crippen molar-refractivity contribution in [3.63, 3.8) is 0 Å². The molecular weight excluding hydrogens is 494 g/mol. The van der Waals surface area contributed by atoms with E-state index in [9.17, 15) is 0 Å². The Labute approximate surface area is 226 Å². The summed E-state index contributed by atoms with van der Waals surface area (Å²) in [4.78, 5) is 0. The summed E-state index contributed by atoms with van der Waals surface area (Å²) < 4.78 is 38.0. The van der Waals surface area contributed by atoms with Gasteiger partial charge in [-0.15, -0.1) is 12.4 Å². The summed E-state index contributed by atoms with van der Waals surface area (Å²) in [6.07, 6.45) is 11.8. The molecule has 10 heteroatoms. The van der Waals surface area contributed by atoms with Crippen LogP contribution in [-0.4, -0.2) is 105 Å². The van der Waals surface area contributed by atoms with Crippen molar-refractivity contribution in [3.05, 3.63) is 0 Å². The van der Waals surface area contributed by atoms with Crippen molar-refractivity contribution in [1.29, 1.82) is 0 Å². The van der Waals surface area contributed by atoms with E-state index in [4.69, 9.17) is 38.9 Å². The SMILES string of the molecule is Cl.NCCOCCOCCOCCOCCOCCOCCOCCCCCCCCCCCS. The highest BCUT2D eigenvalue weighted by Gasteiger charge is 1.96. The minimum absolute atomic E-state index is 0. The van der Waals surface area contributed by atoms with Crippen LogP contribution in [0.15, 0.2) is 0 Å². The molecule has 0 aliphatic carbocycles. The fraction of sp³-hybridized carbons (Fsp3) is 1.00. The number of nitrogens with two attached hydrogens (primary N) is 1. The normalized spacial score (nSPS) is 11.1. The number of rotatable bonds is 31. The highest BCUT2D eigenvalue weighted by molar-refractivity contribution is 7.80. The molecule has 0 unspecified atom stereocenters. The predicted octanol–water partition coefficient (Wildman–Crippen LogP) is 3.92. The lowest BCUT2D eigenvalue weighted by atomic mass is 10.1. The Balaban J connectivity index is 0. The molecule has 0 atom stereocenters. The molecule has 0 saturated carbocycles. The number of unbranched alkanes of at least 4 members (excludes halogenated alkanes) is 8. The summed E-state index contributed by atoms with van der Waals surface area (Å²) >= 11 is 4.24. The van der Waals surface area contributed by atoms with Crippen molar-refractivity contribution < 1.29 is 33.2 Å². The number of hydrogen-bond acceptors (Lipinski definition) is 9. The zero-order chi connectivity index (χ0) is 24.6. The second-order valence-corrected chi connectivity index (χ2v) is 8.43. The number of halogens is 1. The quantitative estimate of drug-likeness (QED) is 0.0996. The van der Waals surface area contributed by atoms with Crippen molar-refractivity contribution in [2.45, 2.75) is 57.8 Å². The van der Waals surface area contributed by atoms with Crippen molar-refractivity contribution in [3.8, 4) is 0 Å². The van der Waals surface area contributed by atoms with Gasteiger partial charge in [-0.1, -0.05) is 44.9 Å². The maximum Gasteiger partial charge on any atom is 0.0701 e. The predicted molar refractivity (Wildman–Crippen MR) is 147 cm³/mol. The fourth-order valence-electron chi connectivity index (χ4n) is 3.06. The first-order valence-electron chi connectivity index (χ1n) is 13.3. The van der Waals surface area contributed by atoms with Gasteiger partial charge >= 0.3 is 0 Å². The standard InChI is InChI=1S/C25H53NO7S.ClH/c26-10-12-28-14-16-30-18-20-32-22-24-33-23-21-31-19-17-29-15-13-27-11-8-6-4-2-1-3-5-7-9-25-34;/h34H,1-26H2;1H. The summed E-state index contributed by atoms with van der Waals surface area (Å²) in [5, 5.41) is 0. The van der Waals surface area contributed by atoms with Crippen LogP contribution in [0.4, 0.5) is 0 Å². The molecule has 0 saturated heterocycles. The van der Waals surface area contributed by atoms with Crippen molar-refractivity contribution in [2.24, 2.45) is 5.73 Å². The summed E-state index contributed by atoms with van der Waals surface area (Å²) in [5.74, 6) is 1.03. The zero-order valence-electron chi connectivity index (χ0n) is 22.0. The summed E-state index contributed by atoms with van der Waals surface area (Å²) in [5.41, 5.74) is 5.32. The smallest absolute Gasteiger partial charge is 0.0701 e. The van der Waals surface area contributed by atoms with E-state index >= 15 is 0 Å². The second-order valence-electron chi connectivity index (χ2n) is 7.98. The molecule has 0 amide bonds. The van der Waals surface area contributed by atoms with Gasteiger partial charge in [-0.3, -0.25) is 0 Å². The maximum atomic E-state index is 5.62. The summed E-state index contributed by atoms with van der Waals surface area (Å²) in [6.45, 7) is 8.81. The Bertz CT molecular complexity index is 332. The molecule has 0 aliphatic rings. The van der Waals surface area contributed by atoms with Crippen molar-refractivity contribution >= 4 is 25.0 Å². The van der Waals surface area contributed by atoms with Gasteiger partial charge in [0.25, 0.3) is 0 Å². The van der Waals surface area contributed by atoms with E-state index < -0.39 is 0 Å². The molecule has 0 aromatic carbocycles. The van der Waals surface area contributed by atoms with Crippen LogP contribution in [0.3, 0.4) is 0 Å². The second kappa shape index (κ2) is 36.5. The first kappa shape index (κ1) is 37.5. The van der Waals surface area contributed by atoms with Gasteiger partial charge < -0.3 is 38.9 Å². The van der Waals surface area contributed by atoms with Gasteiger partial charge in [0.2, 0.25) is 0 Å². The molecule has 8 nitrogen and oxygen atoms in total. The molecule has 2 N–H and O–H groups in total. The number of thiol groups is 1. The molecular formula is C25H54ClNO7S. The van der Waals surface area contributed by atoms with Gasteiger partial charge in [0.05, 0.1) is 85.9 Å². The average Bonchev–Trinajstić information content (AvgIpc) is 2.85. The van der Waals surface area contributed by atoms with Crippen LogP contribution in [0.2, 0.25) is 0 Å². The van der Waals surface area contributed by atoms with E-state index in [2.05, 4.69) is 12.6 Å². The highest BCUT2D eigenvalue weighted by atomic mass is 35.5. The van der Waals surface area contributed by atoms with E-state index in [1.807, 2.05) is 0 Å². The van der Waals surface area contributed by atoms with Gasteiger partial charge in [0.15, 0.2) is 0 Å². The lowest BCUT2D eigenvalue weighted by Crippen LogP contribution is -2.15. The molecule has 0 aromatic rings. The molecule has 0 radical (unpaired) electrons. The monoisotopic (exact) mass is 547 g/mol. The largest absolute Gasteiger partial charge is 0.379 e. The summed E-state index contributed by atoms with van der Waals surface area (Å²) in [7, 11) is 0. The van der Waals surface area contributed by atoms with Crippen LogP contribution in [0, 0.1) is 0 Å². The molecule has 35 heavy (non-hydrogen) atoms. The Kier molecular flexibility index (Phi) is 39.1. The third-order valence-corrected chi connectivity index (χ3v) is 5.26. The topological polar surface area (TPSA) is 90.6 Å². The molecule has 0 bridgehead atoms. The third kappa shape index (κ3) is 36.5. The Morgan fingerprint density at radius 1 is 0.343 bits per heavy atom. The minimum Gasteiger partial charge on any atom is -0.379 e. The lowest BCUT2D eigenvalue weighted by molar-refractivity contribution is -0.0203. The Hall–Kier alpha value is 0.320. The zero-order valence-corrected chi connectivity index (χ0v) is 23.7. The Morgan fingerprint density at radius 3 is 0.914 bits per heavy atom. The van der Waals surface area contributed by atoms with Gasteiger partial charge in [-0.25, -0.2) is 0 Å². The van der Waals surface area contributed by atoms with Crippen LogP contribution >= 0.6 is 25.0 Å². The highest BCUT2D eigenvalue weighted by Crippen LogP contribution is 2.10. The van der Waals surface area contributed by atoms with Crippen LogP contribution in [0.1, 0.15) is 57.8 Å². The van der Waals surface area contributed by atoms with E-state index in [-0.39, 0.29) is 12.4 Å². The molecule has 0 aliphatic heterocycles. The molecule has 0 spiro atoms. The number of hydrogen-bond donors (Lipinski definition) is 2. The minimum atomic E-state index is 0. The molecule has 0 heterocycles. The lowest BCUT2D eigenvalue weighted by Gasteiger charge is -2.08. The molecule has 0 rings (SSSR count). The van der Waals surface area contributed by atoms with E-state index in [0.29, 0.717) is 92.4 Å². The maximum absolute atomic E-state index is 5.62. The Morgan fingerprint density at radius 2 is 0.600 bits per heavy atom. The van der Waals surface area contributed by atoms with E-state index in [1.54, 1.807) is 0 Å². The van der Waals surface area contributed by atoms with E-state index in [0.717, 1.165) is 18.8 Å². The first-order chi connectivity index (χ1) is 16.9. The van der Waals surface area contributed by atoms with Crippen LogP contribution in [0.5, 0.6) is 0 Å².